The summed E-state index contributed by atoms with van der Waals surface area (Å²) in [4.78, 5) is 0. The molecule has 1 heterocycles. The van der Waals surface area contributed by atoms with Gasteiger partial charge in [0.2, 0.25) is 0 Å². The summed E-state index contributed by atoms with van der Waals surface area (Å²) < 4.78 is 7.85. The lowest BCUT2D eigenvalue weighted by molar-refractivity contribution is 0.0603. The normalized spacial score (nSPS) is 17.1. The molecule has 16 heavy (non-hydrogen) atoms. The van der Waals surface area contributed by atoms with Crippen LogP contribution in [0.2, 0.25) is 0 Å². The van der Waals surface area contributed by atoms with E-state index >= 15 is 0 Å². The van der Waals surface area contributed by atoms with E-state index < -0.39 is 0 Å². The molecule has 0 aromatic carbocycles. The van der Waals surface area contributed by atoms with Gasteiger partial charge in [-0.1, -0.05) is 12.8 Å². The van der Waals surface area contributed by atoms with Crippen molar-refractivity contribution in [2.24, 2.45) is 7.05 Å². The van der Waals surface area contributed by atoms with E-state index in [4.69, 9.17) is 4.74 Å². The third kappa shape index (κ3) is 3.65. The summed E-state index contributed by atoms with van der Waals surface area (Å²) in [7, 11) is 2.05. The molecule has 1 fully saturated rings. The molecule has 3 heteroatoms. The summed E-state index contributed by atoms with van der Waals surface area (Å²) >= 11 is 0. The van der Waals surface area contributed by atoms with Crippen LogP contribution < -0.4 is 5.32 Å². The van der Waals surface area contributed by atoms with Gasteiger partial charge in [0, 0.05) is 32.5 Å². The number of rotatable bonds is 6. The zero-order valence-electron chi connectivity index (χ0n) is 10.1. The third-order valence-electron chi connectivity index (χ3n) is 3.16. The van der Waals surface area contributed by atoms with Crippen molar-refractivity contribution in [2.45, 2.75) is 38.3 Å². The Balaban J connectivity index is 1.51. The highest BCUT2D eigenvalue weighted by Gasteiger charge is 2.14. The van der Waals surface area contributed by atoms with Gasteiger partial charge in [-0.15, -0.1) is 0 Å². The number of aromatic nitrogens is 1. The van der Waals surface area contributed by atoms with E-state index in [1.54, 1.807) is 0 Å². The Morgan fingerprint density at radius 3 is 2.94 bits per heavy atom. The second kappa shape index (κ2) is 6.06. The molecule has 1 aromatic rings. The van der Waals surface area contributed by atoms with Gasteiger partial charge in [0.05, 0.1) is 12.7 Å². The molecule has 2 rings (SSSR count). The van der Waals surface area contributed by atoms with E-state index in [9.17, 15) is 0 Å². The second-order valence-electron chi connectivity index (χ2n) is 4.64. The number of aryl methyl sites for hydroxylation is 1. The molecule has 1 aromatic heterocycles. The standard InChI is InChI=1S/C13H22N2O/c1-15-8-6-12(11-15)10-14-7-9-16-13-4-2-3-5-13/h6,8,11,13-14H,2-5,7,9-10H2,1H3. The lowest BCUT2D eigenvalue weighted by Crippen LogP contribution is -2.21. The molecule has 0 saturated heterocycles. The van der Waals surface area contributed by atoms with E-state index in [1.165, 1.54) is 31.2 Å². The first-order chi connectivity index (χ1) is 7.84. The number of ether oxygens (including phenoxy) is 1. The topological polar surface area (TPSA) is 26.2 Å². The van der Waals surface area contributed by atoms with E-state index in [0.717, 1.165) is 19.7 Å². The first-order valence-corrected chi connectivity index (χ1v) is 6.28. The fourth-order valence-corrected chi connectivity index (χ4v) is 2.25. The van der Waals surface area contributed by atoms with Crippen LogP contribution in [0.5, 0.6) is 0 Å². The van der Waals surface area contributed by atoms with Crippen LogP contribution in [0, 0.1) is 0 Å². The molecule has 1 aliphatic carbocycles. The fourth-order valence-electron chi connectivity index (χ4n) is 2.25. The molecule has 0 unspecified atom stereocenters. The van der Waals surface area contributed by atoms with Gasteiger partial charge in [-0.25, -0.2) is 0 Å². The molecule has 0 bridgehead atoms. The van der Waals surface area contributed by atoms with E-state index in [2.05, 4.69) is 28.3 Å². The molecule has 0 radical (unpaired) electrons. The zero-order valence-corrected chi connectivity index (χ0v) is 10.1. The van der Waals surface area contributed by atoms with E-state index in [0.29, 0.717) is 6.10 Å². The molecule has 0 aliphatic heterocycles. The minimum atomic E-state index is 0.540. The van der Waals surface area contributed by atoms with Crippen LogP contribution in [-0.2, 0) is 18.3 Å². The van der Waals surface area contributed by atoms with Crippen molar-refractivity contribution in [1.29, 1.82) is 0 Å². The Labute approximate surface area is 97.8 Å². The Kier molecular flexibility index (Phi) is 4.43. The first-order valence-electron chi connectivity index (χ1n) is 6.28. The van der Waals surface area contributed by atoms with Gasteiger partial charge in [-0.05, 0) is 24.5 Å². The van der Waals surface area contributed by atoms with Crippen LogP contribution in [0.3, 0.4) is 0 Å². The predicted octanol–water partition coefficient (Wildman–Crippen LogP) is 2.07. The molecule has 1 N–H and O–H groups in total. The molecular formula is C13H22N2O. The van der Waals surface area contributed by atoms with Gasteiger partial charge < -0.3 is 14.6 Å². The second-order valence-corrected chi connectivity index (χ2v) is 4.64. The molecule has 90 valence electrons. The summed E-state index contributed by atoms with van der Waals surface area (Å²) in [6.07, 6.45) is 9.98. The average molecular weight is 222 g/mol. The fraction of sp³-hybridized carbons (Fsp3) is 0.692. The largest absolute Gasteiger partial charge is 0.377 e. The van der Waals surface area contributed by atoms with Gasteiger partial charge in [-0.2, -0.15) is 0 Å². The van der Waals surface area contributed by atoms with Crippen molar-refractivity contribution < 1.29 is 4.74 Å². The summed E-state index contributed by atoms with van der Waals surface area (Å²) in [5.41, 5.74) is 1.34. The van der Waals surface area contributed by atoms with Crippen LogP contribution in [-0.4, -0.2) is 23.8 Å². The Bertz CT molecular complexity index is 303. The van der Waals surface area contributed by atoms with Crippen LogP contribution in [0.15, 0.2) is 18.5 Å². The first kappa shape index (κ1) is 11.7. The highest BCUT2D eigenvalue weighted by molar-refractivity contribution is 5.09. The van der Waals surface area contributed by atoms with E-state index in [-0.39, 0.29) is 0 Å². The Hall–Kier alpha value is -0.800. The maximum Gasteiger partial charge on any atom is 0.0594 e. The minimum Gasteiger partial charge on any atom is -0.377 e. The van der Waals surface area contributed by atoms with Crippen LogP contribution >= 0.6 is 0 Å². The molecule has 1 aliphatic rings. The van der Waals surface area contributed by atoms with Crippen molar-refractivity contribution >= 4 is 0 Å². The van der Waals surface area contributed by atoms with Gasteiger partial charge in [-0.3, -0.25) is 0 Å². The lowest BCUT2D eigenvalue weighted by atomic mass is 10.3. The SMILES string of the molecule is Cn1ccc(CNCCOC2CCCC2)c1. The predicted molar refractivity (Wildman–Crippen MR) is 65.3 cm³/mol. The molecule has 0 amide bonds. The number of nitrogens with one attached hydrogen (secondary N) is 1. The summed E-state index contributed by atoms with van der Waals surface area (Å²) in [5, 5.41) is 3.40. The van der Waals surface area contributed by atoms with Crippen molar-refractivity contribution in [3.05, 3.63) is 24.0 Å². The van der Waals surface area contributed by atoms with Crippen molar-refractivity contribution in [3.8, 4) is 0 Å². The summed E-state index contributed by atoms with van der Waals surface area (Å²) in [6.45, 7) is 2.73. The van der Waals surface area contributed by atoms with Gasteiger partial charge in [0.1, 0.15) is 0 Å². The minimum absolute atomic E-state index is 0.540. The maximum atomic E-state index is 5.78. The quantitative estimate of drug-likeness (QED) is 0.746. The summed E-state index contributed by atoms with van der Waals surface area (Å²) in [5.74, 6) is 0. The Morgan fingerprint density at radius 1 is 1.44 bits per heavy atom. The van der Waals surface area contributed by atoms with Crippen LogP contribution in [0.1, 0.15) is 31.2 Å². The van der Waals surface area contributed by atoms with Crippen molar-refractivity contribution in [1.82, 2.24) is 9.88 Å². The smallest absolute Gasteiger partial charge is 0.0594 e. The highest BCUT2D eigenvalue weighted by atomic mass is 16.5. The van der Waals surface area contributed by atoms with Crippen molar-refractivity contribution in [3.63, 3.8) is 0 Å². The molecular weight excluding hydrogens is 200 g/mol. The molecule has 0 spiro atoms. The lowest BCUT2D eigenvalue weighted by Gasteiger charge is -2.11. The van der Waals surface area contributed by atoms with Crippen LogP contribution in [0.4, 0.5) is 0 Å². The number of hydrogen-bond acceptors (Lipinski definition) is 2. The van der Waals surface area contributed by atoms with E-state index in [1.807, 2.05) is 7.05 Å². The van der Waals surface area contributed by atoms with Gasteiger partial charge >= 0.3 is 0 Å². The summed E-state index contributed by atoms with van der Waals surface area (Å²) in [6, 6.07) is 2.14. The van der Waals surface area contributed by atoms with Crippen molar-refractivity contribution in [2.75, 3.05) is 13.2 Å². The number of nitrogens with zero attached hydrogens (tertiary/aromatic N) is 1. The highest BCUT2D eigenvalue weighted by Crippen LogP contribution is 2.20. The monoisotopic (exact) mass is 222 g/mol. The molecule has 1 saturated carbocycles. The van der Waals surface area contributed by atoms with Gasteiger partial charge in [0.25, 0.3) is 0 Å². The average Bonchev–Trinajstić information content (AvgIpc) is 2.89. The molecule has 3 nitrogen and oxygen atoms in total. The maximum absolute atomic E-state index is 5.78. The zero-order chi connectivity index (χ0) is 11.2. The number of hydrogen-bond donors (Lipinski definition) is 1. The molecule has 0 atom stereocenters. The van der Waals surface area contributed by atoms with Gasteiger partial charge in [0.15, 0.2) is 0 Å². The Morgan fingerprint density at radius 2 is 2.25 bits per heavy atom. The van der Waals surface area contributed by atoms with Crippen LogP contribution in [0.25, 0.3) is 0 Å². The third-order valence-corrected chi connectivity index (χ3v) is 3.16.